The number of hydrogen-bond acceptors (Lipinski definition) is 7. The standard InChI is InChI=1S/C36H37N3O6S/c1-3-44-31-20-24(12-17-30(31)43-2)18-19-38-33(40)22-32-35(42)39(28-11-7-10-27(21-28)34(37)41)36(46-32)26-13-15-29(16-14-26)45-23-25-8-5-4-6-9-25/h4-17,20-21,32,36H,3,18-19,22-23H2,1-2H3,(H2,37,41)(H,38,40)/t32-,36-/m0/s1. The van der Waals surface area contributed by atoms with Crippen LogP contribution in [0.3, 0.4) is 0 Å². The fraction of sp³-hybridized carbons (Fsp3) is 0.250. The zero-order chi connectivity index (χ0) is 32.5. The molecule has 1 aliphatic rings. The number of primary amides is 1. The molecule has 0 aromatic heterocycles. The van der Waals surface area contributed by atoms with Crippen LogP contribution in [0.5, 0.6) is 17.2 Å². The van der Waals surface area contributed by atoms with Crippen LogP contribution in [0, 0.1) is 0 Å². The summed E-state index contributed by atoms with van der Waals surface area (Å²) in [5, 5.41) is 1.91. The molecule has 3 amide bonds. The van der Waals surface area contributed by atoms with Crippen molar-refractivity contribution in [3.8, 4) is 17.2 Å². The van der Waals surface area contributed by atoms with Gasteiger partial charge in [0.25, 0.3) is 0 Å². The predicted molar refractivity (Wildman–Crippen MR) is 179 cm³/mol. The monoisotopic (exact) mass is 639 g/mol. The minimum Gasteiger partial charge on any atom is -0.493 e. The number of benzene rings is 4. The van der Waals surface area contributed by atoms with Crippen LogP contribution in [0.4, 0.5) is 5.69 Å². The number of thioether (sulfide) groups is 1. The first kappa shape index (κ1) is 32.4. The highest BCUT2D eigenvalue weighted by Gasteiger charge is 2.43. The number of rotatable bonds is 14. The van der Waals surface area contributed by atoms with Crippen molar-refractivity contribution in [2.24, 2.45) is 5.73 Å². The summed E-state index contributed by atoms with van der Waals surface area (Å²) in [5.41, 5.74) is 9.29. The quantitative estimate of drug-likeness (QED) is 0.183. The van der Waals surface area contributed by atoms with Crippen molar-refractivity contribution in [3.05, 3.63) is 119 Å². The van der Waals surface area contributed by atoms with Gasteiger partial charge in [-0.2, -0.15) is 0 Å². The number of methoxy groups -OCH3 is 1. The van der Waals surface area contributed by atoms with Crippen molar-refractivity contribution < 1.29 is 28.6 Å². The topological polar surface area (TPSA) is 120 Å². The summed E-state index contributed by atoms with van der Waals surface area (Å²) < 4.78 is 17.0. The Morgan fingerprint density at radius 3 is 2.39 bits per heavy atom. The summed E-state index contributed by atoms with van der Waals surface area (Å²) in [6.07, 6.45) is 0.603. The fourth-order valence-electron chi connectivity index (χ4n) is 5.18. The average Bonchev–Trinajstić information content (AvgIpc) is 3.39. The van der Waals surface area contributed by atoms with Crippen molar-refractivity contribution in [3.63, 3.8) is 0 Å². The summed E-state index contributed by atoms with van der Waals surface area (Å²) in [6, 6.07) is 29.9. The summed E-state index contributed by atoms with van der Waals surface area (Å²) in [4.78, 5) is 40.5. The number of nitrogens with two attached hydrogens (primary N) is 1. The SMILES string of the molecule is CCOc1cc(CCNC(=O)C[C@@H]2S[C@@H](c3ccc(OCc4ccccc4)cc3)N(c3cccc(C(N)=O)c3)C2=O)ccc1OC. The van der Waals surface area contributed by atoms with E-state index in [0.29, 0.717) is 54.7 Å². The van der Waals surface area contributed by atoms with Crippen molar-refractivity contribution >= 4 is 35.2 Å². The Morgan fingerprint density at radius 2 is 1.67 bits per heavy atom. The maximum Gasteiger partial charge on any atom is 0.248 e. The van der Waals surface area contributed by atoms with Crippen LogP contribution in [0.2, 0.25) is 0 Å². The van der Waals surface area contributed by atoms with E-state index in [1.165, 1.54) is 11.8 Å². The largest absolute Gasteiger partial charge is 0.493 e. The third-order valence-electron chi connectivity index (χ3n) is 7.50. The van der Waals surface area contributed by atoms with Gasteiger partial charge in [-0.3, -0.25) is 19.3 Å². The molecule has 0 saturated carbocycles. The average molecular weight is 640 g/mol. The molecule has 3 N–H and O–H groups in total. The number of ether oxygens (including phenoxy) is 3. The minimum absolute atomic E-state index is 0.0110. The van der Waals surface area contributed by atoms with Gasteiger partial charge in [-0.1, -0.05) is 54.6 Å². The molecule has 9 nitrogen and oxygen atoms in total. The highest BCUT2D eigenvalue weighted by atomic mass is 32.2. The molecule has 5 rings (SSSR count). The lowest BCUT2D eigenvalue weighted by Crippen LogP contribution is -2.34. The third-order valence-corrected chi connectivity index (χ3v) is 8.94. The molecule has 0 aliphatic carbocycles. The molecule has 0 spiro atoms. The Hall–Kier alpha value is -4.96. The first-order valence-corrected chi connectivity index (χ1v) is 16.0. The second-order valence-corrected chi connectivity index (χ2v) is 12.0. The normalized spacial score (nSPS) is 15.8. The van der Waals surface area contributed by atoms with Gasteiger partial charge >= 0.3 is 0 Å². The zero-order valence-electron chi connectivity index (χ0n) is 25.8. The van der Waals surface area contributed by atoms with E-state index in [0.717, 1.165) is 16.7 Å². The lowest BCUT2D eigenvalue weighted by molar-refractivity contribution is -0.124. The Kier molecular flexibility index (Phi) is 10.8. The van der Waals surface area contributed by atoms with E-state index in [9.17, 15) is 14.4 Å². The van der Waals surface area contributed by atoms with Crippen LogP contribution in [-0.2, 0) is 22.6 Å². The lowest BCUT2D eigenvalue weighted by atomic mass is 10.1. The number of amides is 3. The molecule has 1 aliphatic heterocycles. The fourth-order valence-corrected chi connectivity index (χ4v) is 6.63. The van der Waals surface area contributed by atoms with Gasteiger partial charge in [0, 0.05) is 24.2 Å². The molecule has 0 radical (unpaired) electrons. The predicted octanol–water partition coefficient (Wildman–Crippen LogP) is 5.67. The number of carbonyl (C=O) groups excluding carboxylic acids is 3. The maximum atomic E-state index is 13.8. The molecule has 46 heavy (non-hydrogen) atoms. The van der Waals surface area contributed by atoms with E-state index < -0.39 is 16.5 Å². The third kappa shape index (κ3) is 8.00. The van der Waals surface area contributed by atoms with Gasteiger partial charge in [-0.15, -0.1) is 11.8 Å². The highest BCUT2D eigenvalue weighted by Crippen LogP contribution is 2.47. The van der Waals surface area contributed by atoms with Crippen LogP contribution in [0.25, 0.3) is 0 Å². The minimum atomic E-state index is -0.623. The second-order valence-electron chi connectivity index (χ2n) is 10.7. The van der Waals surface area contributed by atoms with E-state index >= 15 is 0 Å². The molecule has 0 unspecified atom stereocenters. The molecule has 238 valence electrons. The zero-order valence-corrected chi connectivity index (χ0v) is 26.6. The maximum absolute atomic E-state index is 13.8. The van der Waals surface area contributed by atoms with Crippen molar-refractivity contribution in [1.82, 2.24) is 5.32 Å². The molecule has 2 atom stereocenters. The first-order chi connectivity index (χ1) is 22.4. The summed E-state index contributed by atoms with van der Waals surface area (Å²) in [7, 11) is 1.59. The van der Waals surface area contributed by atoms with Gasteiger partial charge in [0.05, 0.1) is 19.0 Å². The number of nitrogens with one attached hydrogen (secondary N) is 1. The van der Waals surface area contributed by atoms with Gasteiger partial charge < -0.3 is 25.3 Å². The van der Waals surface area contributed by atoms with Gasteiger partial charge in [-0.25, -0.2) is 0 Å². The van der Waals surface area contributed by atoms with Crippen molar-refractivity contribution in [2.75, 3.05) is 25.2 Å². The smallest absolute Gasteiger partial charge is 0.248 e. The highest BCUT2D eigenvalue weighted by molar-refractivity contribution is 8.01. The van der Waals surface area contributed by atoms with E-state index in [4.69, 9.17) is 19.9 Å². The molecule has 4 aromatic rings. The lowest BCUT2D eigenvalue weighted by Gasteiger charge is -2.25. The molecule has 4 aromatic carbocycles. The number of anilines is 1. The summed E-state index contributed by atoms with van der Waals surface area (Å²) in [5.74, 6) is 0.989. The van der Waals surface area contributed by atoms with E-state index in [2.05, 4.69) is 5.32 Å². The van der Waals surface area contributed by atoms with Crippen LogP contribution < -0.4 is 30.2 Å². The Morgan fingerprint density at radius 1 is 0.891 bits per heavy atom. The van der Waals surface area contributed by atoms with Gasteiger partial charge in [-0.05, 0) is 72.5 Å². The summed E-state index contributed by atoms with van der Waals surface area (Å²) in [6.45, 7) is 3.26. The van der Waals surface area contributed by atoms with Gasteiger partial charge in [0.1, 0.15) is 17.7 Å². The first-order valence-electron chi connectivity index (χ1n) is 15.1. The van der Waals surface area contributed by atoms with E-state index in [1.807, 2.05) is 79.7 Å². The molecular formula is C36H37N3O6S. The Balaban J connectivity index is 1.27. The molecule has 1 fully saturated rings. The summed E-state index contributed by atoms with van der Waals surface area (Å²) >= 11 is 1.40. The van der Waals surface area contributed by atoms with Crippen LogP contribution in [0.1, 0.15) is 45.8 Å². The van der Waals surface area contributed by atoms with Crippen molar-refractivity contribution in [1.29, 1.82) is 0 Å². The van der Waals surface area contributed by atoms with Gasteiger partial charge in [0.2, 0.25) is 17.7 Å². The van der Waals surface area contributed by atoms with Crippen LogP contribution in [-0.4, -0.2) is 43.2 Å². The number of nitrogens with zero attached hydrogens (tertiary/aromatic N) is 1. The van der Waals surface area contributed by atoms with E-state index in [1.54, 1.807) is 36.3 Å². The molecule has 0 bridgehead atoms. The molecule has 1 heterocycles. The Bertz CT molecular complexity index is 1660. The molecule has 1 saturated heterocycles. The number of hydrogen-bond donors (Lipinski definition) is 2. The van der Waals surface area contributed by atoms with Crippen LogP contribution >= 0.6 is 11.8 Å². The number of carbonyl (C=O) groups is 3. The Labute approximate surface area is 273 Å². The van der Waals surface area contributed by atoms with Gasteiger partial charge in [0.15, 0.2) is 11.5 Å². The van der Waals surface area contributed by atoms with Crippen molar-refractivity contribution in [2.45, 2.75) is 37.0 Å². The second kappa shape index (κ2) is 15.4. The van der Waals surface area contributed by atoms with E-state index in [-0.39, 0.29) is 18.2 Å². The molecular weight excluding hydrogens is 602 g/mol. The molecule has 10 heteroatoms. The van der Waals surface area contributed by atoms with Crippen LogP contribution in [0.15, 0.2) is 97.1 Å².